The van der Waals surface area contributed by atoms with Gasteiger partial charge in [0.15, 0.2) is 0 Å². The van der Waals surface area contributed by atoms with Crippen molar-refractivity contribution >= 4 is 35.8 Å². The summed E-state index contributed by atoms with van der Waals surface area (Å²) in [5.74, 6) is 2.16. The third-order valence-electron chi connectivity index (χ3n) is 3.12. The van der Waals surface area contributed by atoms with Crippen molar-refractivity contribution in [1.82, 2.24) is 4.90 Å². The molecule has 1 aliphatic rings. The normalized spacial score (nSPS) is 19.2. The van der Waals surface area contributed by atoms with Gasteiger partial charge in [0.2, 0.25) is 0 Å². The van der Waals surface area contributed by atoms with Crippen molar-refractivity contribution in [3.63, 3.8) is 0 Å². The Bertz CT molecular complexity index is 439. The van der Waals surface area contributed by atoms with Gasteiger partial charge in [-0.05, 0) is 31.5 Å². The second-order valence-electron chi connectivity index (χ2n) is 4.50. The van der Waals surface area contributed by atoms with Crippen LogP contribution in [0.1, 0.15) is 22.8 Å². The van der Waals surface area contributed by atoms with Crippen LogP contribution < -0.4 is 5.73 Å². The molecule has 1 aromatic rings. The molecule has 0 spiro atoms. The van der Waals surface area contributed by atoms with Gasteiger partial charge in [0.1, 0.15) is 0 Å². The first-order valence-electron chi connectivity index (χ1n) is 5.84. The molecule has 0 radical (unpaired) electrons. The topological polar surface area (TPSA) is 46.3 Å². The lowest BCUT2D eigenvalue weighted by Gasteiger charge is -2.33. The van der Waals surface area contributed by atoms with E-state index in [0.29, 0.717) is 11.7 Å². The minimum absolute atomic E-state index is 0. The molecule has 1 fully saturated rings. The largest absolute Gasteiger partial charge is 0.399 e. The van der Waals surface area contributed by atoms with Gasteiger partial charge in [-0.25, -0.2) is 0 Å². The first kappa shape index (κ1) is 15.2. The Kier molecular flexibility index (Phi) is 5.35. The minimum Gasteiger partial charge on any atom is -0.399 e. The van der Waals surface area contributed by atoms with Crippen LogP contribution in [0.2, 0.25) is 0 Å². The second kappa shape index (κ2) is 6.34. The standard InChI is InChI=1S/C13H18N2OS.ClH/c1-9-3-4-11(14)7-12(9)13(16)15-5-6-17-8-10(15)2;/h3-4,7,10H,5-6,8,14H2,1-2H3;1H. The van der Waals surface area contributed by atoms with Gasteiger partial charge in [-0.15, -0.1) is 12.4 Å². The van der Waals surface area contributed by atoms with Crippen LogP contribution in [-0.2, 0) is 0 Å². The number of nitrogen functional groups attached to an aromatic ring is 1. The summed E-state index contributed by atoms with van der Waals surface area (Å²) in [5.41, 5.74) is 8.14. The van der Waals surface area contributed by atoms with Gasteiger partial charge in [0, 0.05) is 35.3 Å². The summed E-state index contributed by atoms with van der Waals surface area (Å²) in [6, 6.07) is 5.83. The zero-order valence-corrected chi connectivity index (χ0v) is 12.3. The average molecular weight is 287 g/mol. The molecule has 3 nitrogen and oxygen atoms in total. The lowest BCUT2D eigenvalue weighted by molar-refractivity contribution is 0.0715. The molecule has 2 rings (SSSR count). The van der Waals surface area contributed by atoms with E-state index in [1.807, 2.05) is 35.7 Å². The zero-order chi connectivity index (χ0) is 12.4. The van der Waals surface area contributed by atoms with Gasteiger partial charge in [-0.3, -0.25) is 4.79 Å². The summed E-state index contributed by atoms with van der Waals surface area (Å²) in [7, 11) is 0. The van der Waals surface area contributed by atoms with Gasteiger partial charge in [0.05, 0.1) is 0 Å². The molecule has 0 aromatic heterocycles. The van der Waals surface area contributed by atoms with Crippen LogP contribution in [0.15, 0.2) is 18.2 Å². The molecule has 1 heterocycles. The van der Waals surface area contributed by atoms with Crippen LogP contribution in [0.4, 0.5) is 5.69 Å². The van der Waals surface area contributed by atoms with Crippen molar-refractivity contribution < 1.29 is 4.79 Å². The number of hydrogen-bond acceptors (Lipinski definition) is 3. The van der Waals surface area contributed by atoms with Crippen LogP contribution >= 0.6 is 24.2 Å². The molecule has 1 amide bonds. The first-order chi connectivity index (χ1) is 8.09. The predicted molar refractivity (Wildman–Crippen MR) is 80.7 cm³/mol. The predicted octanol–water partition coefficient (Wildman–Crippen LogP) is 2.58. The summed E-state index contributed by atoms with van der Waals surface area (Å²) < 4.78 is 0. The summed E-state index contributed by atoms with van der Waals surface area (Å²) >= 11 is 1.91. The van der Waals surface area contributed by atoms with Crippen molar-refractivity contribution in [2.45, 2.75) is 19.9 Å². The summed E-state index contributed by atoms with van der Waals surface area (Å²) in [5, 5.41) is 0. The number of nitrogens with zero attached hydrogens (tertiary/aromatic N) is 1. The first-order valence-corrected chi connectivity index (χ1v) is 7.00. The zero-order valence-electron chi connectivity index (χ0n) is 10.7. The van der Waals surface area contributed by atoms with Crippen molar-refractivity contribution in [3.8, 4) is 0 Å². The van der Waals surface area contributed by atoms with Crippen LogP contribution in [0.5, 0.6) is 0 Å². The number of anilines is 1. The molecule has 1 aliphatic heterocycles. The quantitative estimate of drug-likeness (QED) is 0.807. The number of hydrogen-bond donors (Lipinski definition) is 1. The number of nitrogens with two attached hydrogens (primary N) is 1. The molecule has 18 heavy (non-hydrogen) atoms. The number of benzene rings is 1. The Morgan fingerprint density at radius 3 is 2.89 bits per heavy atom. The number of carbonyl (C=O) groups is 1. The maximum Gasteiger partial charge on any atom is 0.254 e. The maximum atomic E-state index is 12.4. The maximum absolute atomic E-state index is 12.4. The molecule has 1 unspecified atom stereocenters. The van der Waals surface area contributed by atoms with Gasteiger partial charge >= 0.3 is 0 Å². The molecule has 1 atom stereocenters. The van der Waals surface area contributed by atoms with Gasteiger partial charge in [-0.1, -0.05) is 6.07 Å². The highest BCUT2D eigenvalue weighted by Gasteiger charge is 2.25. The summed E-state index contributed by atoms with van der Waals surface area (Å²) in [4.78, 5) is 14.4. The monoisotopic (exact) mass is 286 g/mol. The Labute approximate surface area is 119 Å². The van der Waals surface area contributed by atoms with Crippen molar-refractivity contribution in [2.75, 3.05) is 23.8 Å². The fraction of sp³-hybridized carbons (Fsp3) is 0.462. The molecule has 0 aliphatic carbocycles. The van der Waals surface area contributed by atoms with E-state index in [1.165, 1.54) is 0 Å². The van der Waals surface area contributed by atoms with E-state index >= 15 is 0 Å². The number of amides is 1. The SMILES string of the molecule is Cc1ccc(N)cc1C(=O)N1CCSCC1C.Cl. The Morgan fingerprint density at radius 2 is 2.22 bits per heavy atom. The molecule has 0 bridgehead atoms. The molecule has 1 aromatic carbocycles. The van der Waals surface area contributed by atoms with E-state index < -0.39 is 0 Å². The van der Waals surface area contributed by atoms with Gasteiger partial charge in [-0.2, -0.15) is 11.8 Å². The van der Waals surface area contributed by atoms with E-state index in [2.05, 4.69) is 6.92 Å². The van der Waals surface area contributed by atoms with Gasteiger partial charge in [0.25, 0.3) is 5.91 Å². The third-order valence-corrected chi connectivity index (χ3v) is 4.31. The smallest absolute Gasteiger partial charge is 0.254 e. The van der Waals surface area contributed by atoms with Crippen LogP contribution in [-0.4, -0.2) is 34.9 Å². The van der Waals surface area contributed by atoms with Gasteiger partial charge < -0.3 is 10.6 Å². The number of halogens is 1. The fourth-order valence-corrected chi connectivity index (χ4v) is 3.07. The molecule has 100 valence electrons. The number of aryl methyl sites for hydroxylation is 1. The Morgan fingerprint density at radius 1 is 1.50 bits per heavy atom. The number of carbonyl (C=O) groups excluding carboxylic acids is 1. The lowest BCUT2D eigenvalue weighted by atomic mass is 10.1. The van der Waals surface area contributed by atoms with Crippen molar-refractivity contribution in [1.29, 1.82) is 0 Å². The molecule has 2 N–H and O–H groups in total. The summed E-state index contributed by atoms with van der Waals surface area (Å²) in [6.07, 6.45) is 0. The highest BCUT2D eigenvalue weighted by atomic mass is 35.5. The van der Waals surface area contributed by atoms with E-state index in [0.717, 1.165) is 29.2 Å². The lowest BCUT2D eigenvalue weighted by Crippen LogP contribution is -2.44. The Balaban J connectivity index is 0.00000162. The van der Waals surface area contributed by atoms with E-state index in [1.54, 1.807) is 6.07 Å². The average Bonchev–Trinajstić information content (AvgIpc) is 2.32. The molecular weight excluding hydrogens is 268 g/mol. The molecule has 5 heteroatoms. The summed E-state index contributed by atoms with van der Waals surface area (Å²) in [6.45, 7) is 4.89. The highest BCUT2D eigenvalue weighted by molar-refractivity contribution is 7.99. The molecule has 0 saturated carbocycles. The van der Waals surface area contributed by atoms with Crippen molar-refractivity contribution in [3.05, 3.63) is 29.3 Å². The van der Waals surface area contributed by atoms with Crippen LogP contribution in [0, 0.1) is 6.92 Å². The number of thioether (sulfide) groups is 1. The Hall–Kier alpha value is -0.870. The third kappa shape index (κ3) is 3.12. The highest BCUT2D eigenvalue weighted by Crippen LogP contribution is 2.21. The van der Waals surface area contributed by atoms with Crippen molar-refractivity contribution in [2.24, 2.45) is 0 Å². The van der Waals surface area contributed by atoms with Crippen LogP contribution in [0.25, 0.3) is 0 Å². The molecular formula is C13H19ClN2OS. The molecule has 1 saturated heterocycles. The van der Waals surface area contributed by atoms with E-state index in [4.69, 9.17) is 5.73 Å². The van der Waals surface area contributed by atoms with E-state index in [-0.39, 0.29) is 18.3 Å². The second-order valence-corrected chi connectivity index (χ2v) is 5.65. The fourth-order valence-electron chi connectivity index (χ4n) is 2.05. The van der Waals surface area contributed by atoms with Crippen LogP contribution in [0.3, 0.4) is 0 Å². The minimum atomic E-state index is 0. The number of rotatable bonds is 1. The van der Waals surface area contributed by atoms with E-state index in [9.17, 15) is 4.79 Å².